The fraction of sp³-hybridized carbons (Fsp3) is 1.00. The minimum absolute atomic E-state index is 0.284. The summed E-state index contributed by atoms with van der Waals surface area (Å²) in [4.78, 5) is 40.5. The van der Waals surface area contributed by atoms with Crippen molar-refractivity contribution in [1.82, 2.24) is 0 Å². The fourth-order valence-electron chi connectivity index (χ4n) is 1.98. The van der Waals surface area contributed by atoms with Gasteiger partial charge in [0.05, 0.1) is 13.2 Å². The van der Waals surface area contributed by atoms with E-state index in [-0.39, 0.29) is 25.4 Å². The molecule has 2 aliphatic rings. The summed E-state index contributed by atoms with van der Waals surface area (Å²) in [5, 5.41) is 43.9. The van der Waals surface area contributed by atoms with Crippen LogP contribution in [0.2, 0.25) is 0 Å². The minimum atomic E-state index is -1.55. The number of hydrogen-bond acceptors (Lipinski definition) is 13. The van der Waals surface area contributed by atoms with Crippen molar-refractivity contribution in [2.24, 2.45) is 0 Å². The minimum Gasteiger partial charge on any atom is -0.388 e. The van der Waals surface area contributed by atoms with Crippen molar-refractivity contribution in [2.75, 3.05) is 26.4 Å². The molecule has 0 radical (unpaired) electrons. The Morgan fingerprint density at radius 3 is 1.60 bits per heavy atom. The molecule has 0 aromatic heterocycles. The Bertz CT molecular complexity index is 442. The van der Waals surface area contributed by atoms with Crippen LogP contribution in [-0.4, -0.2) is 82.4 Å². The molecule has 0 aromatic carbocycles. The zero-order valence-corrected chi connectivity index (χ0v) is 12.4. The smallest absolute Gasteiger partial charge is 0.294 e. The lowest BCUT2D eigenvalue weighted by atomic mass is 10.1. The molecule has 16 nitrogen and oxygen atoms in total. The highest BCUT2D eigenvalue weighted by atomic mass is 17.0. The first-order valence-corrected chi connectivity index (χ1v) is 6.65. The first-order valence-electron chi connectivity index (χ1n) is 6.65. The number of aliphatic hydroxyl groups is 2. The van der Waals surface area contributed by atoms with Crippen LogP contribution in [0.3, 0.4) is 0 Å². The third-order valence-electron chi connectivity index (χ3n) is 2.97. The van der Waals surface area contributed by atoms with Crippen LogP contribution in [0.25, 0.3) is 0 Å². The summed E-state index contributed by atoms with van der Waals surface area (Å²) in [5.41, 5.74) is 0. The third kappa shape index (κ3) is 7.25. The Labute approximate surface area is 138 Å². The molecule has 2 fully saturated rings. The molecule has 25 heavy (non-hydrogen) atoms. The molecule has 2 saturated heterocycles. The van der Waals surface area contributed by atoms with E-state index in [0.29, 0.717) is 0 Å². The average Bonchev–Trinajstić information content (AvgIpc) is 3.06. The van der Waals surface area contributed by atoms with E-state index in [9.17, 15) is 30.3 Å². The van der Waals surface area contributed by atoms with Gasteiger partial charge in [-0.2, -0.15) is 0 Å². The van der Waals surface area contributed by atoms with Crippen molar-refractivity contribution in [3.63, 3.8) is 0 Å². The Balaban J connectivity index is 0.000000267. The second-order valence-corrected chi connectivity index (χ2v) is 4.72. The molecule has 0 spiro atoms. The normalized spacial score (nSPS) is 27.0. The Morgan fingerprint density at radius 1 is 0.880 bits per heavy atom. The second kappa shape index (κ2) is 9.67. The molecule has 0 saturated carbocycles. The molecule has 0 unspecified atom stereocenters. The van der Waals surface area contributed by atoms with E-state index < -0.39 is 46.8 Å². The summed E-state index contributed by atoms with van der Waals surface area (Å²) in [6.45, 7) is -1.12. The van der Waals surface area contributed by atoms with Gasteiger partial charge in [-0.1, -0.05) is 0 Å². The average molecular weight is 373 g/mol. The van der Waals surface area contributed by atoms with E-state index >= 15 is 0 Å². The topological polar surface area (TPSA) is 216 Å². The first kappa shape index (κ1) is 20.5. The zero-order valence-electron chi connectivity index (χ0n) is 12.4. The summed E-state index contributed by atoms with van der Waals surface area (Å²) in [5.74, 6) is 0. The summed E-state index contributed by atoms with van der Waals surface area (Å²) in [6, 6.07) is 0. The van der Waals surface area contributed by atoms with Crippen molar-refractivity contribution < 1.29 is 49.5 Å². The number of nitrogens with zero attached hydrogens (tertiary/aromatic N) is 3. The molecule has 2 N–H and O–H groups in total. The third-order valence-corrected chi connectivity index (χ3v) is 2.97. The van der Waals surface area contributed by atoms with Crippen LogP contribution < -0.4 is 0 Å². The van der Waals surface area contributed by atoms with Crippen LogP contribution in [0.4, 0.5) is 0 Å². The van der Waals surface area contributed by atoms with Crippen LogP contribution in [0.15, 0.2) is 0 Å². The van der Waals surface area contributed by atoms with Crippen LogP contribution >= 0.6 is 0 Å². The highest BCUT2D eigenvalue weighted by molar-refractivity contribution is 4.93. The molecule has 4 atom stereocenters. The highest BCUT2D eigenvalue weighted by Crippen LogP contribution is 2.26. The molecule has 16 heteroatoms. The van der Waals surface area contributed by atoms with Gasteiger partial charge in [-0.3, -0.25) is 0 Å². The summed E-state index contributed by atoms with van der Waals surface area (Å²) < 4.78 is 10.2. The van der Waals surface area contributed by atoms with Crippen LogP contribution in [0.1, 0.15) is 0 Å². The van der Waals surface area contributed by atoms with Gasteiger partial charge in [-0.05, 0) is 0 Å². The van der Waals surface area contributed by atoms with E-state index in [1.54, 1.807) is 0 Å². The summed E-state index contributed by atoms with van der Waals surface area (Å²) in [6.07, 6.45) is -3.25. The van der Waals surface area contributed by atoms with Crippen molar-refractivity contribution in [3.05, 3.63) is 30.3 Å². The van der Waals surface area contributed by atoms with Crippen molar-refractivity contribution in [1.29, 1.82) is 0 Å². The van der Waals surface area contributed by atoms with Gasteiger partial charge in [0.1, 0.15) is 37.6 Å². The zero-order chi connectivity index (χ0) is 19.0. The van der Waals surface area contributed by atoms with E-state index in [2.05, 4.69) is 14.5 Å². The SMILES string of the molecule is O=[N+]([O-])OCC(CO[N+](=O)[O-])O[N+](=O)[O-].O[C@@H]1CO[C@H]2[C@@H]1OC[C@@H]2O. The highest BCUT2D eigenvalue weighted by Gasteiger charge is 2.46. The molecule has 0 aromatic rings. The van der Waals surface area contributed by atoms with Gasteiger partial charge in [0, 0.05) is 0 Å². The van der Waals surface area contributed by atoms with Gasteiger partial charge < -0.3 is 34.2 Å². The first-order chi connectivity index (χ1) is 11.7. The standard InChI is InChI=1S/C6H10O4.C3H5N3O9/c7-3-1-9-6-4(8)2-10-5(3)6;7-4(8)13-1-3(15-6(11)12)2-14-5(9)10/h3-8H,1-2H2;3H,1-2H2/t3-,4+,5-,6-;/m1./s1. The lowest BCUT2D eigenvalue weighted by molar-refractivity contribution is -0.803. The summed E-state index contributed by atoms with van der Waals surface area (Å²) >= 11 is 0. The van der Waals surface area contributed by atoms with Crippen LogP contribution in [-0.2, 0) is 24.0 Å². The van der Waals surface area contributed by atoms with E-state index in [0.717, 1.165) is 0 Å². The molecule has 0 bridgehead atoms. The molecular formula is C9H15N3O13. The predicted molar refractivity (Wildman–Crippen MR) is 69.3 cm³/mol. The molecule has 0 amide bonds. The maximum absolute atomic E-state index is 9.83. The largest absolute Gasteiger partial charge is 0.388 e. The second-order valence-electron chi connectivity index (χ2n) is 4.72. The maximum atomic E-state index is 9.83. The van der Waals surface area contributed by atoms with Crippen molar-refractivity contribution in [3.8, 4) is 0 Å². The van der Waals surface area contributed by atoms with Crippen molar-refractivity contribution in [2.45, 2.75) is 30.5 Å². The van der Waals surface area contributed by atoms with E-state index in [4.69, 9.17) is 19.7 Å². The number of fused-ring (bicyclic) bond motifs is 1. The van der Waals surface area contributed by atoms with Gasteiger partial charge in [-0.25, -0.2) is 0 Å². The van der Waals surface area contributed by atoms with Gasteiger partial charge in [0.25, 0.3) is 15.3 Å². The molecular weight excluding hydrogens is 358 g/mol. The van der Waals surface area contributed by atoms with Gasteiger partial charge >= 0.3 is 0 Å². The number of hydrogen-bond donors (Lipinski definition) is 2. The molecule has 144 valence electrons. The fourth-order valence-corrected chi connectivity index (χ4v) is 1.98. The number of aliphatic hydroxyl groups excluding tert-OH is 2. The van der Waals surface area contributed by atoms with Gasteiger partial charge in [-0.15, -0.1) is 30.3 Å². The van der Waals surface area contributed by atoms with Gasteiger partial charge in [0.2, 0.25) is 0 Å². The van der Waals surface area contributed by atoms with Crippen LogP contribution in [0.5, 0.6) is 0 Å². The van der Waals surface area contributed by atoms with Gasteiger partial charge in [0.15, 0.2) is 6.10 Å². The number of rotatable bonds is 8. The molecule has 2 rings (SSSR count). The monoisotopic (exact) mass is 373 g/mol. The molecule has 0 aliphatic carbocycles. The lowest BCUT2D eigenvalue weighted by Crippen LogP contribution is -2.30. The number of ether oxygens (including phenoxy) is 2. The predicted octanol–water partition coefficient (Wildman–Crippen LogP) is -2.51. The Kier molecular flexibility index (Phi) is 7.92. The Hall–Kier alpha value is -2.56. The van der Waals surface area contributed by atoms with Crippen LogP contribution in [0, 0.1) is 30.3 Å². The lowest BCUT2D eigenvalue weighted by Gasteiger charge is -2.11. The Morgan fingerprint density at radius 2 is 1.28 bits per heavy atom. The van der Waals surface area contributed by atoms with Crippen molar-refractivity contribution >= 4 is 0 Å². The quantitative estimate of drug-likeness (QED) is 0.332. The maximum Gasteiger partial charge on any atom is 0.294 e. The molecule has 2 heterocycles. The van der Waals surface area contributed by atoms with E-state index in [1.807, 2.05) is 0 Å². The molecule has 2 aliphatic heterocycles. The van der Waals surface area contributed by atoms with E-state index in [1.165, 1.54) is 0 Å². The summed E-state index contributed by atoms with van der Waals surface area (Å²) in [7, 11) is 0.